The average molecular weight is 298 g/mol. The Balaban J connectivity index is 1.80. The van der Waals surface area contributed by atoms with Crippen LogP contribution in [0.15, 0.2) is 0 Å². The van der Waals surface area contributed by atoms with Gasteiger partial charge in [0.1, 0.15) is 0 Å². The molecule has 0 aromatic rings. The molecule has 2 amide bonds. The van der Waals surface area contributed by atoms with Crippen molar-refractivity contribution in [3.63, 3.8) is 0 Å². The molecular weight excluding hydrogens is 272 g/mol. The van der Waals surface area contributed by atoms with E-state index in [1.54, 1.807) is 4.90 Å². The SMILES string of the molecule is CC(C)C1OCCC1CNC(=O)N1CCCC(C(=O)O)C1. The number of hydrogen-bond acceptors (Lipinski definition) is 3. The summed E-state index contributed by atoms with van der Waals surface area (Å²) >= 11 is 0. The first kappa shape index (κ1) is 16.1. The predicted molar refractivity (Wildman–Crippen MR) is 78.0 cm³/mol. The van der Waals surface area contributed by atoms with Crippen molar-refractivity contribution < 1.29 is 19.4 Å². The average Bonchev–Trinajstić information content (AvgIpc) is 2.93. The van der Waals surface area contributed by atoms with Gasteiger partial charge in [0.05, 0.1) is 12.0 Å². The van der Waals surface area contributed by atoms with Crippen LogP contribution < -0.4 is 5.32 Å². The number of carboxylic acid groups (broad SMARTS) is 1. The summed E-state index contributed by atoms with van der Waals surface area (Å²) in [6, 6.07) is -0.143. The molecule has 6 heteroatoms. The van der Waals surface area contributed by atoms with E-state index < -0.39 is 11.9 Å². The third-order valence-electron chi connectivity index (χ3n) is 4.49. The Morgan fingerprint density at radius 2 is 2.14 bits per heavy atom. The summed E-state index contributed by atoms with van der Waals surface area (Å²) in [6.07, 6.45) is 2.59. The van der Waals surface area contributed by atoms with Crippen molar-refractivity contribution in [2.45, 2.75) is 39.2 Å². The highest BCUT2D eigenvalue weighted by molar-refractivity contribution is 5.76. The van der Waals surface area contributed by atoms with Gasteiger partial charge in [-0.25, -0.2) is 4.79 Å². The van der Waals surface area contributed by atoms with Crippen molar-refractivity contribution in [3.05, 3.63) is 0 Å². The largest absolute Gasteiger partial charge is 0.481 e. The molecule has 2 aliphatic heterocycles. The molecule has 3 atom stereocenters. The molecule has 2 N–H and O–H groups in total. The number of likely N-dealkylation sites (tertiary alicyclic amines) is 1. The van der Waals surface area contributed by atoms with Crippen molar-refractivity contribution in [3.8, 4) is 0 Å². The molecule has 0 aromatic carbocycles. The number of carbonyl (C=O) groups excluding carboxylic acids is 1. The minimum Gasteiger partial charge on any atom is -0.481 e. The summed E-state index contributed by atoms with van der Waals surface area (Å²) < 4.78 is 5.71. The highest BCUT2D eigenvalue weighted by atomic mass is 16.5. The first-order valence-electron chi connectivity index (χ1n) is 7.86. The highest BCUT2D eigenvalue weighted by Gasteiger charge is 2.32. The van der Waals surface area contributed by atoms with Crippen LogP contribution in [0.4, 0.5) is 4.79 Å². The van der Waals surface area contributed by atoms with Crippen LogP contribution in [-0.4, -0.2) is 54.4 Å². The second-order valence-electron chi connectivity index (χ2n) is 6.44. The predicted octanol–water partition coefficient (Wildman–Crippen LogP) is 1.55. The van der Waals surface area contributed by atoms with E-state index >= 15 is 0 Å². The fourth-order valence-corrected chi connectivity index (χ4v) is 3.30. The van der Waals surface area contributed by atoms with Gasteiger partial charge in [-0.2, -0.15) is 0 Å². The van der Waals surface area contributed by atoms with Gasteiger partial charge >= 0.3 is 12.0 Å². The topological polar surface area (TPSA) is 78.9 Å². The summed E-state index contributed by atoms with van der Waals surface area (Å²) in [4.78, 5) is 24.8. The molecule has 21 heavy (non-hydrogen) atoms. The number of nitrogens with one attached hydrogen (secondary N) is 1. The number of piperidine rings is 1. The zero-order chi connectivity index (χ0) is 15.4. The summed E-state index contributed by atoms with van der Waals surface area (Å²) in [7, 11) is 0. The summed E-state index contributed by atoms with van der Waals surface area (Å²) in [5, 5.41) is 12.0. The number of aliphatic carboxylic acids is 1. The number of carbonyl (C=O) groups is 2. The van der Waals surface area contributed by atoms with Crippen LogP contribution in [0, 0.1) is 17.8 Å². The molecule has 0 aromatic heterocycles. The van der Waals surface area contributed by atoms with E-state index in [9.17, 15) is 9.59 Å². The van der Waals surface area contributed by atoms with Crippen LogP contribution in [0.5, 0.6) is 0 Å². The third-order valence-corrected chi connectivity index (χ3v) is 4.49. The zero-order valence-electron chi connectivity index (χ0n) is 12.9. The van der Waals surface area contributed by atoms with Gasteiger partial charge in [0, 0.05) is 32.2 Å². The van der Waals surface area contributed by atoms with Crippen LogP contribution in [0.25, 0.3) is 0 Å². The Labute approximate surface area is 125 Å². The number of hydrogen-bond donors (Lipinski definition) is 2. The lowest BCUT2D eigenvalue weighted by atomic mass is 9.93. The van der Waals surface area contributed by atoms with Gasteiger partial charge in [-0.05, 0) is 25.2 Å². The van der Waals surface area contributed by atoms with E-state index in [0.29, 0.717) is 37.9 Å². The van der Waals surface area contributed by atoms with E-state index in [1.807, 2.05) is 0 Å². The summed E-state index contributed by atoms with van der Waals surface area (Å²) in [5.41, 5.74) is 0. The second-order valence-corrected chi connectivity index (χ2v) is 6.44. The molecule has 2 fully saturated rings. The number of carboxylic acids is 1. The normalized spacial score (nSPS) is 29.7. The van der Waals surface area contributed by atoms with E-state index in [4.69, 9.17) is 9.84 Å². The number of rotatable bonds is 4. The standard InChI is InChI=1S/C15H26N2O4/c1-10(2)13-11(5-7-21-13)8-16-15(20)17-6-3-4-12(9-17)14(18)19/h10-13H,3-9H2,1-2H3,(H,16,20)(H,18,19). The van der Waals surface area contributed by atoms with Crippen LogP contribution in [0.2, 0.25) is 0 Å². The van der Waals surface area contributed by atoms with E-state index in [1.165, 1.54) is 0 Å². The molecule has 0 radical (unpaired) electrons. The number of amides is 2. The zero-order valence-corrected chi connectivity index (χ0v) is 12.9. The fourth-order valence-electron chi connectivity index (χ4n) is 3.30. The monoisotopic (exact) mass is 298 g/mol. The first-order chi connectivity index (χ1) is 9.99. The van der Waals surface area contributed by atoms with Crippen LogP contribution in [0.1, 0.15) is 33.1 Å². The second kappa shape index (κ2) is 7.11. The van der Waals surface area contributed by atoms with Crippen molar-refractivity contribution in [2.75, 3.05) is 26.2 Å². The van der Waals surface area contributed by atoms with Crippen molar-refractivity contribution in [1.82, 2.24) is 10.2 Å². The van der Waals surface area contributed by atoms with Gasteiger partial charge in [0.2, 0.25) is 0 Å². The van der Waals surface area contributed by atoms with Gasteiger partial charge in [-0.15, -0.1) is 0 Å². The minimum atomic E-state index is -0.809. The maximum atomic E-state index is 12.2. The lowest BCUT2D eigenvalue weighted by Crippen LogP contribution is -2.48. The fraction of sp³-hybridized carbons (Fsp3) is 0.867. The quantitative estimate of drug-likeness (QED) is 0.825. The molecule has 3 unspecified atom stereocenters. The number of ether oxygens (including phenoxy) is 1. The molecule has 2 rings (SSSR count). The molecule has 0 saturated carbocycles. The third kappa shape index (κ3) is 4.09. The number of urea groups is 1. The molecule has 2 heterocycles. The first-order valence-corrected chi connectivity index (χ1v) is 7.86. The molecule has 2 saturated heterocycles. The molecule has 120 valence electrons. The Bertz CT molecular complexity index is 386. The molecule has 0 aliphatic carbocycles. The lowest BCUT2D eigenvalue weighted by molar-refractivity contribution is -0.143. The van der Waals surface area contributed by atoms with Gasteiger partial charge in [0.25, 0.3) is 0 Å². The summed E-state index contributed by atoms with van der Waals surface area (Å²) in [6.45, 7) is 6.59. The maximum Gasteiger partial charge on any atom is 0.317 e. The lowest BCUT2D eigenvalue weighted by Gasteiger charge is -2.31. The number of nitrogens with zero attached hydrogens (tertiary/aromatic N) is 1. The van der Waals surface area contributed by atoms with E-state index in [2.05, 4.69) is 19.2 Å². The van der Waals surface area contributed by atoms with Crippen LogP contribution in [0.3, 0.4) is 0 Å². The molecule has 6 nitrogen and oxygen atoms in total. The molecular formula is C15H26N2O4. The Morgan fingerprint density at radius 1 is 1.38 bits per heavy atom. The van der Waals surface area contributed by atoms with Crippen LogP contribution in [-0.2, 0) is 9.53 Å². The smallest absolute Gasteiger partial charge is 0.317 e. The Kier molecular flexibility index (Phi) is 5.45. The van der Waals surface area contributed by atoms with Crippen molar-refractivity contribution in [1.29, 1.82) is 0 Å². The van der Waals surface area contributed by atoms with E-state index in [0.717, 1.165) is 19.4 Å². The molecule has 2 aliphatic rings. The summed E-state index contributed by atoms with van der Waals surface area (Å²) in [5.74, 6) is -0.436. The maximum absolute atomic E-state index is 12.2. The molecule has 0 spiro atoms. The van der Waals surface area contributed by atoms with Crippen LogP contribution >= 0.6 is 0 Å². The minimum absolute atomic E-state index is 0.143. The van der Waals surface area contributed by atoms with Crippen molar-refractivity contribution in [2.24, 2.45) is 17.8 Å². The van der Waals surface area contributed by atoms with Crippen molar-refractivity contribution >= 4 is 12.0 Å². The Morgan fingerprint density at radius 3 is 2.81 bits per heavy atom. The molecule has 0 bridgehead atoms. The van der Waals surface area contributed by atoms with Gasteiger partial charge in [-0.1, -0.05) is 13.8 Å². The van der Waals surface area contributed by atoms with Gasteiger partial charge in [0.15, 0.2) is 0 Å². The Hall–Kier alpha value is -1.30. The highest BCUT2D eigenvalue weighted by Crippen LogP contribution is 2.26. The van der Waals surface area contributed by atoms with Gasteiger partial charge < -0.3 is 20.1 Å². The van der Waals surface area contributed by atoms with E-state index in [-0.39, 0.29) is 12.1 Å². The van der Waals surface area contributed by atoms with Gasteiger partial charge in [-0.3, -0.25) is 4.79 Å².